The monoisotopic (exact) mass is 286 g/mol. The number of hydrogen-bond acceptors (Lipinski definition) is 3. The zero-order valence-electron chi connectivity index (χ0n) is 10.5. The van der Waals surface area contributed by atoms with Crippen molar-refractivity contribution in [1.82, 2.24) is 10.3 Å². The molecule has 2 nitrogen and oxygen atoms in total. The number of hydrogen-bond donors (Lipinski definition) is 1. The molecule has 0 aliphatic rings. The molecule has 0 aliphatic carbocycles. The Labute approximate surface area is 113 Å². The van der Waals surface area contributed by atoms with Crippen LogP contribution in [0.3, 0.4) is 0 Å². The fourth-order valence-corrected chi connectivity index (χ4v) is 2.45. The van der Waals surface area contributed by atoms with E-state index in [4.69, 9.17) is 0 Å². The highest BCUT2D eigenvalue weighted by Crippen LogP contribution is 2.36. The van der Waals surface area contributed by atoms with Crippen LogP contribution >= 0.6 is 11.3 Å². The average molecular weight is 286 g/mol. The molecule has 19 heavy (non-hydrogen) atoms. The zero-order valence-corrected chi connectivity index (χ0v) is 11.3. The smallest absolute Gasteiger partial charge is 0.313 e. The molecule has 1 unspecified atom stereocenters. The molecule has 0 spiro atoms. The minimum Gasteiger partial charge on any atom is -0.313 e. The Morgan fingerprint density at radius 3 is 2.63 bits per heavy atom. The first-order chi connectivity index (χ1) is 8.91. The molecule has 1 N–H and O–H groups in total. The molecule has 1 aromatic heterocycles. The van der Waals surface area contributed by atoms with Gasteiger partial charge in [-0.1, -0.05) is 18.2 Å². The number of halogens is 3. The maximum Gasteiger partial charge on any atom is 0.443 e. The first kappa shape index (κ1) is 14.0. The summed E-state index contributed by atoms with van der Waals surface area (Å²) in [7, 11) is 1.84. The normalized spacial score (nSPS) is 13.5. The lowest BCUT2D eigenvalue weighted by atomic mass is 10.0. The summed E-state index contributed by atoms with van der Waals surface area (Å²) in [6.45, 7) is 1.99. The molecule has 1 atom stereocenters. The topological polar surface area (TPSA) is 24.9 Å². The van der Waals surface area contributed by atoms with Gasteiger partial charge in [0.15, 0.2) is 5.01 Å². The Balaban J connectivity index is 2.34. The van der Waals surface area contributed by atoms with E-state index in [1.54, 1.807) is 6.07 Å². The maximum absolute atomic E-state index is 12.5. The summed E-state index contributed by atoms with van der Waals surface area (Å²) in [6, 6.07) is 7.60. The van der Waals surface area contributed by atoms with Gasteiger partial charge in [0, 0.05) is 12.2 Å². The Kier molecular flexibility index (Phi) is 3.91. The van der Waals surface area contributed by atoms with E-state index in [9.17, 15) is 13.2 Å². The van der Waals surface area contributed by atoms with Gasteiger partial charge >= 0.3 is 6.18 Å². The van der Waals surface area contributed by atoms with Crippen LogP contribution in [0.2, 0.25) is 0 Å². The molecule has 0 saturated carbocycles. The third-order valence-electron chi connectivity index (χ3n) is 2.85. The van der Waals surface area contributed by atoms with Gasteiger partial charge < -0.3 is 5.32 Å². The van der Waals surface area contributed by atoms with Gasteiger partial charge in [0.2, 0.25) is 0 Å². The van der Waals surface area contributed by atoms with E-state index in [0.717, 1.165) is 11.1 Å². The van der Waals surface area contributed by atoms with Crippen molar-refractivity contribution in [2.75, 3.05) is 7.05 Å². The fourth-order valence-electron chi connectivity index (χ4n) is 1.67. The summed E-state index contributed by atoms with van der Waals surface area (Å²) in [5.74, 6) is 0. The lowest BCUT2D eigenvalue weighted by Gasteiger charge is -2.11. The summed E-state index contributed by atoms with van der Waals surface area (Å²) >= 11 is 0.664. The number of alkyl halides is 3. The number of nitrogens with one attached hydrogen (secondary N) is 1. The molecule has 102 valence electrons. The molecule has 6 heteroatoms. The van der Waals surface area contributed by atoms with E-state index in [1.807, 2.05) is 32.2 Å². The molecular weight excluding hydrogens is 273 g/mol. The summed E-state index contributed by atoms with van der Waals surface area (Å²) < 4.78 is 37.6. The molecule has 0 radical (unpaired) electrons. The van der Waals surface area contributed by atoms with Crippen molar-refractivity contribution in [2.24, 2.45) is 0 Å². The summed E-state index contributed by atoms with van der Waals surface area (Å²) in [6.07, 6.45) is -3.10. The van der Waals surface area contributed by atoms with Crippen LogP contribution in [0, 0.1) is 0 Å². The molecule has 2 rings (SSSR count). The summed E-state index contributed by atoms with van der Waals surface area (Å²) in [5, 5.41) is 2.29. The molecule has 1 heterocycles. The maximum atomic E-state index is 12.5. The van der Waals surface area contributed by atoms with Crippen LogP contribution in [0.15, 0.2) is 30.5 Å². The van der Waals surface area contributed by atoms with Crippen LogP contribution in [0.5, 0.6) is 0 Å². The molecule has 2 aromatic rings. The summed E-state index contributed by atoms with van der Waals surface area (Å²) in [4.78, 5) is 3.96. The van der Waals surface area contributed by atoms with E-state index >= 15 is 0 Å². The molecule has 0 bridgehead atoms. The first-order valence-electron chi connectivity index (χ1n) is 5.72. The van der Waals surface area contributed by atoms with Crippen molar-refractivity contribution in [3.05, 3.63) is 41.0 Å². The van der Waals surface area contributed by atoms with Gasteiger partial charge in [0.05, 0.1) is 4.88 Å². The number of aromatic nitrogens is 1. The standard InChI is InChI=1S/C13H13F3N2S/c1-8(17-2)9-4-3-5-10(6-9)11-7-18-12(19-11)13(14,15)16/h3-8,17H,1-2H3. The molecular formula is C13H13F3N2S. The van der Waals surface area contributed by atoms with Gasteiger partial charge in [-0.15, -0.1) is 11.3 Å². The van der Waals surface area contributed by atoms with Gasteiger partial charge in [-0.25, -0.2) is 4.98 Å². The van der Waals surface area contributed by atoms with Crippen LogP contribution in [0.25, 0.3) is 10.4 Å². The molecule has 0 saturated heterocycles. The first-order valence-corrected chi connectivity index (χ1v) is 6.54. The predicted octanol–water partition coefficient (Wildman–Crippen LogP) is 4.11. The van der Waals surface area contributed by atoms with E-state index in [1.165, 1.54) is 6.20 Å². The van der Waals surface area contributed by atoms with Crippen molar-refractivity contribution >= 4 is 11.3 Å². The van der Waals surface area contributed by atoms with Crippen molar-refractivity contribution in [3.63, 3.8) is 0 Å². The Morgan fingerprint density at radius 1 is 1.32 bits per heavy atom. The number of benzene rings is 1. The average Bonchev–Trinajstić information content (AvgIpc) is 2.87. The number of thiazole rings is 1. The van der Waals surface area contributed by atoms with Gasteiger partial charge in [0.25, 0.3) is 0 Å². The van der Waals surface area contributed by atoms with Crippen LogP contribution in [0.1, 0.15) is 23.5 Å². The van der Waals surface area contributed by atoms with Crippen molar-refractivity contribution in [3.8, 4) is 10.4 Å². The Hall–Kier alpha value is -1.40. The second-order valence-electron chi connectivity index (χ2n) is 4.16. The van der Waals surface area contributed by atoms with E-state index in [0.29, 0.717) is 16.2 Å². The van der Waals surface area contributed by atoms with E-state index in [2.05, 4.69) is 10.3 Å². The highest BCUT2D eigenvalue weighted by molar-refractivity contribution is 7.15. The quantitative estimate of drug-likeness (QED) is 0.918. The summed E-state index contributed by atoms with van der Waals surface area (Å²) in [5.41, 5.74) is 1.79. The van der Waals surface area contributed by atoms with Crippen molar-refractivity contribution < 1.29 is 13.2 Å². The van der Waals surface area contributed by atoms with E-state index in [-0.39, 0.29) is 6.04 Å². The molecule has 0 aliphatic heterocycles. The van der Waals surface area contributed by atoms with Gasteiger partial charge in [-0.2, -0.15) is 13.2 Å². The fraction of sp³-hybridized carbons (Fsp3) is 0.308. The van der Waals surface area contributed by atoms with Crippen LogP contribution in [-0.4, -0.2) is 12.0 Å². The minimum absolute atomic E-state index is 0.148. The highest BCUT2D eigenvalue weighted by atomic mass is 32.1. The lowest BCUT2D eigenvalue weighted by Crippen LogP contribution is -2.11. The third-order valence-corrected chi connectivity index (χ3v) is 3.94. The minimum atomic E-state index is -4.38. The van der Waals surface area contributed by atoms with Crippen LogP contribution in [-0.2, 0) is 6.18 Å². The molecule has 0 amide bonds. The van der Waals surface area contributed by atoms with Gasteiger partial charge in [-0.05, 0) is 31.2 Å². The molecule has 0 fully saturated rings. The largest absolute Gasteiger partial charge is 0.443 e. The number of rotatable bonds is 3. The zero-order chi connectivity index (χ0) is 14.0. The van der Waals surface area contributed by atoms with Gasteiger partial charge in [-0.3, -0.25) is 0 Å². The second-order valence-corrected chi connectivity index (χ2v) is 5.19. The third kappa shape index (κ3) is 3.13. The highest BCUT2D eigenvalue weighted by Gasteiger charge is 2.34. The lowest BCUT2D eigenvalue weighted by molar-refractivity contribution is -0.137. The Morgan fingerprint density at radius 2 is 2.05 bits per heavy atom. The molecule has 1 aromatic carbocycles. The van der Waals surface area contributed by atoms with Crippen molar-refractivity contribution in [2.45, 2.75) is 19.1 Å². The van der Waals surface area contributed by atoms with Crippen LogP contribution in [0.4, 0.5) is 13.2 Å². The van der Waals surface area contributed by atoms with Crippen LogP contribution < -0.4 is 5.32 Å². The van der Waals surface area contributed by atoms with Crippen molar-refractivity contribution in [1.29, 1.82) is 0 Å². The van der Waals surface area contributed by atoms with E-state index < -0.39 is 11.2 Å². The van der Waals surface area contributed by atoms with Gasteiger partial charge in [0.1, 0.15) is 0 Å². The number of nitrogens with zero attached hydrogens (tertiary/aromatic N) is 1. The SMILES string of the molecule is CNC(C)c1cccc(-c2cnc(C(F)(F)F)s2)c1. The Bertz CT molecular complexity index is 563. The second kappa shape index (κ2) is 5.30. The predicted molar refractivity (Wildman–Crippen MR) is 70.0 cm³/mol.